The van der Waals surface area contributed by atoms with Crippen LogP contribution in [0.5, 0.6) is 0 Å². The first-order valence-electron chi connectivity index (χ1n) is 2.45. The van der Waals surface area contributed by atoms with E-state index in [-0.39, 0.29) is 0 Å². The van der Waals surface area contributed by atoms with Gasteiger partial charge in [-0.05, 0) is 0 Å². The molecule has 1 radical (unpaired) electrons. The van der Waals surface area contributed by atoms with Gasteiger partial charge in [0.2, 0.25) is 0 Å². The van der Waals surface area contributed by atoms with Crippen molar-refractivity contribution in [2.24, 2.45) is 0 Å². The van der Waals surface area contributed by atoms with E-state index < -0.39 is 8.61 Å². The van der Waals surface area contributed by atoms with Crippen LogP contribution in [-0.2, 0) is 0 Å². The van der Waals surface area contributed by atoms with E-state index in [0.29, 0.717) is 0 Å². The van der Waals surface area contributed by atoms with Gasteiger partial charge in [-0.1, -0.05) is 143 Å². The maximum absolute atomic E-state index is 3.53. The summed E-state index contributed by atoms with van der Waals surface area (Å²) in [6.45, 7) is 0. The molecule has 0 amide bonds. The highest BCUT2D eigenvalue weighted by molar-refractivity contribution is 9.42. The molecule has 0 aliphatic rings. The van der Waals surface area contributed by atoms with Gasteiger partial charge in [0, 0.05) is 0 Å². The van der Waals surface area contributed by atoms with Crippen molar-refractivity contribution in [3.63, 3.8) is 0 Å². The first kappa shape index (κ1) is 17.3. The average Bonchev–Trinajstić information content (AvgIpc) is 1.84. The number of halogens is 9. The molecule has 0 spiro atoms. The lowest BCUT2D eigenvalue weighted by molar-refractivity contribution is 0.897. The largest absolute Gasteiger partial charge is 0.162 e. The van der Waals surface area contributed by atoms with Crippen molar-refractivity contribution in [2.45, 2.75) is 8.61 Å². The second-order valence-corrected chi connectivity index (χ2v) is 18.2. The van der Waals surface area contributed by atoms with Gasteiger partial charge >= 0.3 is 0 Å². The molecule has 0 heterocycles. The zero-order chi connectivity index (χ0) is 11.1. The van der Waals surface area contributed by atoms with Crippen LogP contribution in [0.4, 0.5) is 0 Å². The van der Waals surface area contributed by atoms with Crippen molar-refractivity contribution in [3.8, 4) is 0 Å². The molecule has 0 aliphatic carbocycles. The summed E-state index contributed by atoms with van der Waals surface area (Å²) in [5.41, 5.74) is 0. The van der Waals surface area contributed by atoms with Gasteiger partial charge in [0.15, 0.2) is 2.14 Å². The van der Waals surface area contributed by atoms with Crippen LogP contribution in [0.3, 0.4) is 0 Å². The zero-order valence-corrected chi connectivity index (χ0v) is 19.7. The van der Waals surface area contributed by atoms with E-state index in [1.54, 1.807) is 0 Å². The molecule has 0 saturated heterocycles. The Hall–Kier alpha value is 4.32. The van der Waals surface area contributed by atoms with E-state index in [1.807, 2.05) is 0 Å². The molecule has 0 bridgehead atoms. The Bertz CT molecular complexity index is 177. The van der Waals surface area contributed by atoms with Crippen LogP contribution >= 0.6 is 143 Å². The van der Waals surface area contributed by atoms with Crippen LogP contribution in [0.2, 0.25) is 0 Å². The maximum atomic E-state index is 3.53. The topological polar surface area (TPSA) is 0 Å². The number of hydrogen-bond donors (Lipinski definition) is 0. The highest BCUT2D eigenvalue weighted by Crippen LogP contribution is 2.66. The van der Waals surface area contributed by atoms with Crippen molar-refractivity contribution < 1.29 is 0 Å². The van der Waals surface area contributed by atoms with E-state index in [2.05, 4.69) is 143 Å². The maximum Gasteiger partial charge on any atom is 0.162 e. The van der Waals surface area contributed by atoms with Crippen LogP contribution in [0.1, 0.15) is 0 Å². The fourth-order valence-corrected chi connectivity index (χ4v) is 5.44. The van der Waals surface area contributed by atoms with E-state index in [4.69, 9.17) is 0 Å². The Morgan fingerprint density at radius 2 is 1.00 bits per heavy atom. The molecule has 0 nitrogen and oxygen atoms in total. The molecule has 0 aromatic heterocycles. The Morgan fingerprint density at radius 3 is 1.08 bits per heavy atom. The van der Waals surface area contributed by atoms with Crippen molar-refractivity contribution in [1.29, 1.82) is 0 Å². The fraction of sp³-hybridized carbons (Fsp3) is 0.750. The Morgan fingerprint density at radius 1 is 0.692 bits per heavy atom. The number of alkyl halides is 7. The van der Waals surface area contributed by atoms with Crippen LogP contribution in [0.25, 0.3) is 0 Å². The summed E-state index contributed by atoms with van der Waals surface area (Å²) in [6, 6.07) is 0. The molecule has 0 aromatic rings. The lowest BCUT2D eigenvalue weighted by atomic mass is 10.4. The van der Waals surface area contributed by atoms with Gasteiger partial charge in [-0.2, -0.15) is 0 Å². The minimum absolute atomic E-state index is 0.542. The van der Waals surface area contributed by atoms with Crippen LogP contribution < -0.4 is 0 Å². The van der Waals surface area contributed by atoms with E-state index in [9.17, 15) is 0 Å². The molecule has 0 atom stereocenters. The van der Waals surface area contributed by atoms with Gasteiger partial charge in [0.25, 0.3) is 0 Å². The van der Waals surface area contributed by atoms with Crippen molar-refractivity contribution in [3.05, 3.63) is 3.74 Å². The van der Waals surface area contributed by atoms with Gasteiger partial charge in [0.05, 0.1) is 0 Å². The second kappa shape index (κ2) is 5.97. The zero-order valence-electron chi connectivity index (χ0n) is 5.40. The molecule has 0 fully saturated rings. The summed E-state index contributed by atoms with van der Waals surface area (Å²) >= 11 is 31.0. The van der Waals surface area contributed by atoms with Crippen LogP contribution in [0, 0.1) is 3.74 Å². The molecule has 0 aliphatic heterocycles. The van der Waals surface area contributed by atoms with E-state index in [0.717, 1.165) is 3.74 Å². The van der Waals surface area contributed by atoms with Gasteiger partial charge in [-0.15, -0.1) is 0 Å². The Kier molecular flexibility index (Phi) is 7.96. The molecule has 0 aromatic carbocycles. The molecule has 0 N–H and O–H groups in total. The number of hydrogen-bond acceptors (Lipinski definition) is 0. The first-order valence-corrected chi connectivity index (χ1v) is 9.59. The summed E-state index contributed by atoms with van der Waals surface area (Å²) in [7, 11) is 0. The van der Waals surface area contributed by atoms with Crippen LogP contribution in [-0.4, -0.2) is 8.61 Å². The molecule has 79 valence electrons. The summed E-state index contributed by atoms with van der Waals surface area (Å²) in [5, 5.41) is 0. The summed E-state index contributed by atoms with van der Waals surface area (Å²) in [5.74, 6) is 0. The van der Waals surface area contributed by atoms with Gasteiger partial charge in [0.1, 0.15) is 10.2 Å². The first-order chi connectivity index (χ1) is 5.44. The molecule has 0 saturated carbocycles. The molecular formula is C4Br9. The minimum Gasteiger partial charge on any atom is -0.0675 e. The predicted molar refractivity (Wildman–Crippen MR) is 91.8 cm³/mol. The minimum atomic E-state index is -0.567. The standard InChI is InChI=1S/C4Br9/c5-1(6)2(7,8)3(9,10)4(11,12)13. The number of rotatable bonds is 2. The van der Waals surface area contributed by atoms with Gasteiger partial charge in [-0.25, -0.2) is 0 Å². The fourth-order valence-electron chi connectivity index (χ4n) is 0.297. The lowest BCUT2D eigenvalue weighted by Gasteiger charge is -2.40. The molecule has 0 rings (SSSR count). The van der Waals surface area contributed by atoms with Gasteiger partial charge < -0.3 is 0 Å². The molecular weight excluding hydrogens is 767 g/mol. The van der Waals surface area contributed by atoms with Gasteiger partial charge in [-0.3, -0.25) is 0 Å². The van der Waals surface area contributed by atoms with Crippen molar-refractivity contribution in [1.82, 2.24) is 0 Å². The second-order valence-electron chi connectivity index (χ2n) is 1.91. The smallest absolute Gasteiger partial charge is 0.0675 e. The van der Waals surface area contributed by atoms with E-state index >= 15 is 0 Å². The van der Waals surface area contributed by atoms with Crippen molar-refractivity contribution in [2.75, 3.05) is 0 Å². The molecule has 0 unspecified atom stereocenters. The average molecular weight is 767 g/mol. The Balaban J connectivity index is 5.04. The normalized spacial score (nSPS) is 15.2. The lowest BCUT2D eigenvalue weighted by Crippen LogP contribution is -2.45. The monoisotopic (exact) mass is 758 g/mol. The Labute approximate surface area is 153 Å². The van der Waals surface area contributed by atoms with E-state index in [1.165, 1.54) is 0 Å². The quantitative estimate of drug-likeness (QED) is 0.264. The summed E-state index contributed by atoms with van der Waals surface area (Å²) < 4.78 is -0.866. The third kappa shape index (κ3) is 4.17. The third-order valence-electron chi connectivity index (χ3n) is 0.988. The van der Waals surface area contributed by atoms with Crippen LogP contribution in [0.15, 0.2) is 0 Å². The molecule has 9 heteroatoms. The summed E-state index contributed by atoms with van der Waals surface area (Å²) in [6.07, 6.45) is 0. The SMILES string of the molecule is Br[C](Br)C(Br)(Br)C(Br)(Br)C(Br)(Br)Br. The summed E-state index contributed by atoms with van der Waals surface area (Å²) in [4.78, 5) is 0. The predicted octanol–water partition coefficient (Wildman–Crippen LogP) is 7.08. The molecule has 13 heavy (non-hydrogen) atoms. The van der Waals surface area contributed by atoms with Crippen molar-refractivity contribution >= 4 is 143 Å². The highest BCUT2D eigenvalue weighted by Gasteiger charge is 2.59. The third-order valence-corrected chi connectivity index (χ3v) is 15.8. The highest BCUT2D eigenvalue weighted by atomic mass is 80.0.